The number of hydrogen-bond donors (Lipinski definition) is 3. The first-order chi connectivity index (χ1) is 14.0. The van der Waals surface area contributed by atoms with Gasteiger partial charge in [0.1, 0.15) is 17.4 Å². The first-order valence-corrected chi connectivity index (χ1v) is 10.5. The highest BCUT2D eigenvalue weighted by Gasteiger charge is 2.24. The van der Waals surface area contributed by atoms with Gasteiger partial charge in [-0.05, 0) is 67.7 Å². The lowest BCUT2D eigenvalue weighted by Crippen LogP contribution is -2.34. The van der Waals surface area contributed by atoms with Crippen LogP contribution in [-0.2, 0) is 17.6 Å². The molecule has 4 N–H and O–H groups in total. The first-order valence-electron chi connectivity index (χ1n) is 9.28. The van der Waals surface area contributed by atoms with E-state index >= 15 is 0 Å². The molecule has 1 aliphatic rings. The van der Waals surface area contributed by atoms with Gasteiger partial charge in [-0.2, -0.15) is 0 Å². The zero-order valence-electron chi connectivity index (χ0n) is 16.1. The molecule has 7 nitrogen and oxygen atoms in total. The number of anilines is 1. The number of fused-ring (bicyclic) bond motifs is 1. The molecule has 3 rings (SSSR count). The molecular formula is C20H23N3O4S2. The molecule has 0 saturated heterocycles. The molecule has 1 aromatic carbocycles. The Morgan fingerprint density at radius 1 is 1.17 bits per heavy atom. The first kappa shape index (κ1) is 21.2. The van der Waals surface area contributed by atoms with Gasteiger partial charge in [-0.25, -0.2) is 0 Å². The Kier molecular flexibility index (Phi) is 7.18. The summed E-state index contributed by atoms with van der Waals surface area (Å²) >= 11 is 6.74. The standard InChI is InChI=1S/C20H23N3O4S2/c1-26-10-11-27-13-8-6-12(7-9-13)18(25)22-20(28)23-19-16(17(21)24)14-4-2-3-5-15(14)29-19/h6-9H,2-5,10-11H2,1H3,(H2,21,24)(H2,22,23,25,28). The van der Waals surface area contributed by atoms with Crippen molar-refractivity contribution in [2.24, 2.45) is 5.73 Å². The molecule has 154 valence electrons. The molecule has 0 radical (unpaired) electrons. The minimum atomic E-state index is -0.481. The highest BCUT2D eigenvalue weighted by Crippen LogP contribution is 2.37. The molecule has 0 bridgehead atoms. The van der Waals surface area contributed by atoms with E-state index in [1.165, 1.54) is 11.3 Å². The van der Waals surface area contributed by atoms with E-state index in [0.29, 0.717) is 35.1 Å². The summed E-state index contributed by atoms with van der Waals surface area (Å²) in [7, 11) is 1.60. The number of carbonyl (C=O) groups is 2. The Balaban J connectivity index is 1.63. The molecule has 1 aromatic heterocycles. The molecule has 9 heteroatoms. The molecule has 0 aliphatic heterocycles. The molecule has 0 spiro atoms. The highest BCUT2D eigenvalue weighted by molar-refractivity contribution is 7.80. The number of methoxy groups -OCH3 is 1. The summed E-state index contributed by atoms with van der Waals surface area (Å²) in [6.45, 7) is 0.921. The summed E-state index contributed by atoms with van der Waals surface area (Å²) in [4.78, 5) is 25.5. The number of carbonyl (C=O) groups excluding carboxylic acids is 2. The maximum Gasteiger partial charge on any atom is 0.257 e. The fraction of sp³-hybridized carbons (Fsp3) is 0.350. The SMILES string of the molecule is COCCOc1ccc(C(=O)NC(=S)Nc2sc3c(c2C(N)=O)CCCC3)cc1. The van der Waals surface area contributed by atoms with Crippen LogP contribution in [-0.4, -0.2) is 37.3 Å². The topological polar surface area (TPSA) is 103 Å². The maximum absolute atomic E-state index is 12.4. The van der Waals surface area contributed by atoms with E-state index in [1.54, 1.807) is 31.4 Å². The third-order valence-electron chi connectivity index (χ3n) is 4.54. The molecule has 0 fully saturated rings. The fourth-order valence-electron chi connectivity index (χ4n) is 3.17. The Bertz CT molecular complexity index is 909. The van der Waals surface area contributed by atoms with Crippen molar-refractivity contribution in [1.29, 1.82) is 0 Å². The van der Waals surface area contributed by atoms with E-state index < -0.39 is 5.91 Å². The van der Waals surface area contributed by atoms with Crippen molar-refractivity contribution in [3.05, 3.63) is 45.8 Å². The molecule has 2 amide bonds. The molecule has 1 aliphatic carbocycles. The van der Waals surface area contributed by atoms with Gasteiger partial charge in [0.15, 0.2) is 5.11 Å². The van der Waals surface area contributed by atoms with Crippen molar-refractivity contribution < 1.29 is 19.1 Å². The third-order valence-corrected chi connectivity index (χ3v) is 5.96. The van der Waals surface area contributed by atoms with Crippen LogP contribution in [0.5, 0.6) is 5.75 Å². The van der Waals surface area contributed by atoms with E-state index in [1.807, 2.05) is 0 Å². The van der Waals surface area contributed by atoms with Crippen LogP contribution in [0.2, 0.25) is 0 Å². The van der Waals surface area contributed by atoms with Crippen molar-refractivity contribution >= 4 is 45.5 Å². The van der Waals surface area contributed by atoms with Gasteiger partial charge in [0, 0.05) is 17.6 Å². The van der Waals surface area contributed by atoms with Crippen LogP contribution in [0.25, 0.3) is 0 Å². The number of benzene rings is 1. The van der Waals surface area contributed by atoms with Crippen LogP contribution >= 0.6 is 23.6 Å². The zero-order chi connectivity index (χ0) is 20.8. The second-order valence-corrected chi connectivity index (χ2v) is 8.07. The van der Waals surface area contributed by atoms with Crippen LogP contribution in [0.4, 0.5) is 5.00 Å². The van der Waals surface area contributed by atoms with Gasteiger partial charge < -0.3 is 20.5 Å². The van der Waals surface area contributed by atoms with Crippen molar-refractivity contribution in [1.82, 2.24) is 5.32 Å². The number of nitrogens with two attached hydrogens (primary N) is 1. The summed E-state index contributed by atoms with van der Waals surface area (Å²) < 4.78 is 10.4. The Hall–Kier alpha value is -2.49. The van der Waals surface area contributed by atoms with Crippen molar-refractivity contribution in [3.8, 4) is 5.75 Å². The zero-order valence-corrected chi connectivity index (χ0v) is 17.7. The predicted molar refractivity (Wildman–Crippen MR) is 117 cm³/mol. The number of rotatable bonds is 7. The van der Waals surface area contributed by atoms with Gasteiger partial charge in [-0.1, -0.05) is 0 Å². The largest absolute Gasteiger partial charge is 0.491 e. The average Bonchev–Trinajstić information content (AvgIpc) is 3.06. The van der Waals surface area contributed by atoms with Gasteiger partial charge in [0.05, 0.1) is 12.2 Å². The minimum absolute atomic E-state index is 0.122. The molecule has 2 aromatic rings. The van der Waals surface area contributed by atoms with E-state index in [0.717, 1.165) is 36.1 Å². The minimum Gasteiger partial charge on any atom is -0.491 e. The number of primary amides is 1. The fourth-order valence-corrected chi connectivity index (χ4v) is 4.73. The number of aryl methyl sites for hydroxylation is 1. The quantitative estimate of drug-likeness (QED) is 0.458. The van der Waals surface area contributed by atoms with Gasteiger partial charge in [0.2, 0.25) is 0 Å². The maximum atomic E-state index is 12.4. The monoisotopic (exact) mass is 433 g/mol. The van der Waals surface area contributed by atoms with Crippen LogP contribution in [0.15, 0.2) is 24.3 Å². The van der Waals surface area contributed by atoms with E-state index in [2.05, 4.69) is 10.6 Å². The number of thiophene rings is 1. The van der Waals surface area contributed by atoms with Crippen LogP contribution in [0.1, 0.15) is 44.0 Å². The van der Waals surface area contributed by atoms with E-state index in [4.69, 9.17) is 27.4 Å². The average molecular weight is 434 g/mol. The van der Waals surface area contributed by atoms with Gasteiger partial charge in [-0.15, -0.1) is 11.3 Å². The molecular weight excluding hydrogens is 410 g/mol. The summed E-state index contributed by atoms with van der Waals surface area (Å²) in [6, 6.07) is 6.72. The lowest BCUT2D eigenvalue weighted by Gasteiger charge is -2.12. The summed E-state index contributed by atoms with van der Waals surface area (Å²) in [5.74, 6) is -0.187. The molecule has 29 heavy (non-hydrogen) atoms. The number of hydrogen-bond acceptors (Lipinski definition) is 6. The van der Waals surface area contributed by atoms with Crippen LogP contribution in [0.3, 0.4) is 0 Å². The third kappa shape index (κ3) is 5.31. The summed E-state index contributed by atoms with van der Waals surface area (Å²) in [5, 5.41) is 6.33. The smallest absolute Gasteiger partial charge is 0.257 e. The number of nitrogens with one attached hydrogen (secondary N) is 2. The highest BCUT2D eigenvalue weighted by atomic mass is 32.1. The van der Waals surface area contributed by atoms with Crippen molar-refractivity contribution in [2.45, 2.75) is 25.7 Å². The Morgan fingerprint density at radius 3 is 2.59 bits per heavy atom. The van der Waals surface area contributed by atoms with Crippen molar-refractivity contribution in [3.63, 3.8) is 0 Å². The predicted octanol–water partition coefficient (Wildman–Crippen LogP) is 2.88. The van der Waals surface area contributed by atoms with E-state index in [-0.39, 0.29) is 11.0 Å². The number of ether oxygens (including phenoxy) is 2. The van der Waals surface area contributed by atoms with Crippen LogP contribution in [0, 0.1) is 0 Å². The Morgan fingerprint density at radius 2 is 1.90 bits per heavy atom. The molecule has 0 atom stereocenters. The molecule has 0 unspecified atom stereocenters. The van der Waals surface area contributed by atoms with Gasteiger partial charge in [-0.3, -0.25) is 14.9 Å². The summed E-state index contributed by atoms with van der Waals surface area (Å²) in [6.07, 6.45) is 3.90. The van der Waals surface area contributed by atoms with Crippen molar-refractivity contribution in [2.75, 3.05) is 25.6 Å². The number of amides is 2. The number of thiocarbonyl (C=S) groups is 1. The Labute approximate surface area is 178 Å². The lowest BCUT2D eigenvalue weighted by atomic mass is 9.95. The molecule has 0 saturated carbocycles. The normalized spacial score (nSPS) is 12.7. The lowest BCUT2D eigenvalue weighted by molar-refractivity contribution is 0.0975. The second kappa shape index (κ2) is 9.82. The summed E-state index contributed by atoms with van der Waals surface area (Å²) in [5.41, 5.74) is 7.52. The van der Waals surface area contributed by atoms with Gasteiger partial charge >= 0.3 is 0 Å². The second-order valence-electron chi connectivity index (χ2n) is 6.55. The van der Waals surface area contributed by atoms with E-state index in [9.17, 15) is 9.59 Å². The molecule has 1 heterocycles. The van der Waals surface area contributed by atoms with Gasteiger partial charge in [0.25, 0.3) is 11.8 Å². The van der Waals surface area contributed by atoms with Crippen LogP contribution < -0.4 is 21.1 Å².